The minimum Gasteiger partial charge on any atom is -0.377 e. The van der Waals surface area contributed by atoms with Crippen LogP contribution in [0.15, 0.2) is 146 Å². The summed E-state index contributed by atoms with van der Waals surface area (Å²) in [7, 11) is 2.11. The highest BCUT2D eigenvalue weighted by Gasteiger charge is 2.17. The van der Waals surface area contributed by atoms with Gasteiger partial charge in [-0.25, -0.2) is 0 Å². The zero-order valence-corrected chi connectivity index (χ0v) is 23.4. The van der Waals surface area contributed by atoms with Crippen LogP contribution in [0.2, 0.25) is 0 Å². The topological polar surface area (TPSA) is 21.1 Å². The van der Waals surface area contributed by atoms with Gasteiger partial charge in [-0.3, -0.25) is 4.98 Å². The fraction of sp³-hybridized carbons (Fsp3) is 0.0513. The summed E-state index contributed by atoms with van der Waals surface area (Å²) in [5, 5.41) is 4.99. The molecule has 3 nitrogen and oxygen atoms in total. The van der Waals surface area contributed by atoms with Gasteiger partial charge in [-0.2, -0.15) is 0 Å². The summed E-state index contributed by atoms with van der Waals surface area (Å²) in [5.41, 5.74) is 10.9. The number of likely N-dealkylation sites (N-methyl/N-ethyl adjacent to an activating group) is 1. The number of allylic oxidation sites excluding steroid dienone is 2. The number of fused-ring (bicyclic) bond motifs is 5. The predicted molar refractivity (Wildman–Crippen MR) is 177 cm³/mol. The van der Waals surface area contributed by atoms with Gasteiger partial charge in [0.15, 0.2) is 0 Å². The van der Waals surface area contributed by atoms with E-state index < -0.39 is 0 Å². The summed E-state index contributed by atoms with van der Waals surface area (Å²) in [6, 6.07) is 42.0. The third-order valence-electron chi connectivity index (χ3n) is 8.41. The van der Waals surface area contributed by atoms with E-state index in [1.165, 1.54) is 66.0 Å². The van der Waals surface area contributed by atoms with E-state index in [4.69, 9.17) is 0 Å². The predicted octanol–water partition coefficient (Wildman–Crippen LogP) is 9.51. The number of aromatic nitrogens is 2. The summed E-state index contributed by atoms with van der Waals surface area (Å²) in [6.45, 7) is 0.913. The van der Waals surface area contributed by atoms with Crippen molar-refractivity contribution in [1.29, 1.82) is 0 Å². The highest BCUT2D eigenvalue weighted by Crippen LogP contribution is 2.39. The molecule has 0 spiro atoms. The van der Waals surface area contributed by atoms with Crippen molar-refractivity contribution in [3.8, 4) is 27.9 Å². The van der Waals surface area contributed by atoms with Crippen LogP contribution < -0.4 is 0 Å². The minimum atomic E-state index is 0.913. The minimum absolute atomic E-state index is 0.913. The van der Waals surface area contributed by atoms with Crippen molar-refractivity contribution in [2.75, 3.05) is 13.6 Å². The third-order valence-corrected chi connectivity index (χ3v) is 8.41. The molecule has 3 heteroatoms. The van der Waals surface area contributed by atoms with E-state index in [0.717, 1.165) is 12.2 Å². The van der Waals surface area contributed by atoms with Crippen LogP contribution in [-0.4, -0.2) is 28.0 Å². The fourth-order valence-electron chi connectivity index (χ4n) is 6.26. The Morgan fingerprint density at radius 3 is 2.17 bits per heavy atom. The smallest absolute Gasteiger partial charge is 0.0619 e. The molecule has 5 aromatic carbocycles. The molecule has 0 N–H and O–H groups in total. The molecule has 1 aliphatic rings. The first-order valence-electron chi connectivity index (χ1n) is 14.4. The standard InChI is InChI=1S/C39H29N3/c1-41-22-18-29(19-23-41)32-11-14-36-37-15-12-33-24-31(28-16-20-40-21-17-28)10-13-35(33)39(37)42(38(36)26-32)34-9-5-8-30(25-34)27-6-3-2-4-7-27/h2-22,24-26H,23H2,1H3. The molecule has 42 heavy (non-hydrogen) atoms. The maximum Gasteiger partial charge on any atom is 0.0619 e. The molecule has 8 rings (SSSR count). The van der Waals surface area contributed by atoms with Crippen molar-refractivity contribution in [3.63, 3.8) is 0 Å². The molecule has 0 saturated carbocycles. The molecule has 7 aromatic rings. The van der Waals surface area contributed by atoms with Crippen LogP contribution in [0, 0.1) is 0 Å². The monoisotopic (exact) mass is 539 g/mol. The molecular formula is C39H29N3. The molecule has 2 aromatic heterocycles. The van der Waals surface area contributed by atoms with Gasteiger partial charge in [0.2, 0.25) is 0 Å². The Balaban J connectivity index is 1.41. The highest BCUT2D eigenvalue weighted by atomic mass is 15.1. The van der Waals surface area contributed by atoms with Gasteiger partial charge in [0.25, 0.3) is 0 Å². The van der Waals surface area contributed by atoms with Crippen LogP contribution in [0.4, 0.5) is 0 Å². The van der Waals surface area contributed by atoms with E-state index in [9.17, 15) is 0 Å². The lowest BCUT2D eigenvalue weighted by Crippen LogP contribution is -2.13. The zero-order chi connectivity index (χ0) is 28.0. The first kappa shape index (κ1) is 24.4. The van der Waals surface area contributed by atoms with Crippen LogP contribution in [-0.2, 0) is 0 Å². The summed E-state index contributed by atoms with van der Waals surface area (Å²) >= 11 is 0. The van der Waals surface area contributed by atoms with Crippen LogP contribution >= 0.6 is 0 Å². The number of hydrogen-bond donors (Lipinski definition) is 0. The van der Waals surface area contributed by atoms with Gasteiger partial charge in [0.05, 0.1) is 11.0 Å². The molecular weight excluding hydrogens is 510 g/mol. The maximum absolute atomic E-state index is 4.20. The van der Waals surface area contributed by atoms with Gasteiger partial charge in [0.1, 0.15) is 0 Å². The van der Waals surface area contributed by atoms with E-state index in [1.807, 2.05) is 12.4 Å². The van der Waals surface area contributed by atoms with E-state index in [2.05, 4.69) is 155 Å². The third kappa shape index (κ3) is 4.10. The average molecular weight is 540 g/mol. The van der Waals surface area contributed by atoms with Crippen LogP contribution in [0.25, 0.3) is 66.1 Å². The molecule has 0 fully saturated rings. The largest absolute Gasteiger partial charge is 0.377 e. The quantitative estimate of drug-likeness (QED) is 0.222. The first-order valence-corrected chi connectivity index (χ1v) is 14.4. The van der Waals surface area contributed by atoms with Gasteiger partial charge < -0.3 is 9.47 Å². The lowest BCUT2D eigenvalue weighted by Gasteiger charge is -2.17. The zero-order valence-electron chi connectivity index (χ0n) is 23.4. The molecule has 3 heterocycles. The van der Waals surface area contributed by atoms with E-state index >= 15 is 0 Å². The molecule has 200 valence electrons. The second-order valence-electron chi connectivity index (χ2n) is 11.0. The van der Waals surface area contributed by atoms with Crippen molar-refractivity contribution in [2.45, 2.75) is 0 Å². The van der Waals surface area contributed by atoms with Gasteiger partial charge in [0, 0.05) is 47.8 Å². The van der Waals surface area contributed by atoms with Crippen molar-refractivity contribution in [3.05, 3.63) is 152 Å². The normalized spacial score (nSPS) is 13.3. The number of hydrogen-bond acceptors (Lipinski definition) is 2. The lowest BCUT2D eigenvalue weighted by atomic mass is 9.99. The van der Waals surface area contributed by atoms with E-state index in [1.54, 1.807) is 0 Å². The van der Waals surface area contributed by atoms with Crippen molar-refractivity contribution < 1.29 is 0 Å². The number of rotatable bonds is 4. The molecule has 0 unspecified atom stereocenters. The Morgan fingerprint density at radius 1 is 0.595 bits per heavy atom. The molecule has 0 bridgehead atoms. The van der Waals surface area contributed by atoms with Gasteiger partial charge in [-0.1, -0.05) is 84.9 Å². The first-order chi connectivity index (χ1) is 20.7. The van der Waals surface area contributed by atoms with Crippen molar-refractivity contribution >= 4 is 38.2 Å². The second-order valence-corrected chi connectivity index (χ2v) is 11.0. The van der Waals surface area contributed by atoms with Crippen molar-refractivity contribution in [2.24, 2.45) is 0 Å². The molecule has 1 aliphatic heterocycles. The van der Waals surface area contributed by atoms with Gasteiger partial charge in [-0.05, 0) is 87.5 Å². The van der Waals surface area contributed by atoms with Crippen LogP contribution in [0.3, 0.4) is 0 Å². The van der Waals surface area contributed by atoms with Crippen LogP contribution in [0.5, 0.6) is 0 Å². The Morgan fingerprint density at radius 2 is 1.33 bits per heavy atom. The average Bonchev–Trinajstić information content (AvgIpc) is 3.40. The molecule has 0 atom stereocenters. The maximum atomic E-state index is 4.20. The summed E-state index contributed by atoms with van der Waals surface area (Å²) in [6.07, 6.45) is 10.4. The summed E-state index contributed by atoms with van der Waals surface area (Å²) in [4.78, 5) is 6.40. The van der Waals surface area contributed by atoms with Crippen LogP contribution in [0.1, 0.15) is 5.56 Å². The Bertz CT molecular complexity index is 2170. The molecule has 0 radical (unpaired) electrons. The molecule has 0 aliphatic carbocycles. The summed E-state index contributed by atoms with van der Waals surface area (Å²) in [5.74, 6) is 0. The second kappa shape index (κ2) is 9.90. The fourth-order valence-corrected chi connectivity index (χ4v) is 6.26. The van der Waals surface area contributed by atoms with Gasteiger partial charge in [-0.15, -0.1) is 0 Å². The van der Waals surface area contributed by atoms with Crippen molar-refractivity contribution in [1.82, 2.24) is 14.5 Å². The molecule has 0 amide bonds. The Kier molecular flexibility index (Phi) is 5.75. The van der Waals surface area contributed by atoms with E-state index in [-0.39, 0.29) is 0 Å². The number of pyridine rings is 1. The highest BCUT2D eigenvalue weighted by molar-refractivity contribution is 6.19. The number of nitrogens with zero attached hydrogens (tertiary/aromatic N) is 3. The lowest BCUT2D eigenvalue weighted by molar-refractivity contribution is 0.506. The SMILES string of the molecule is CN1C=CC(c2ccc3c4ccc5cc(-c6ccncc6)ccc5c4n(-c4cccc(-c5ccccc5)c4)c3c2)=CC1. The number of benzene rings is 5. The Labute approximate surface area is 245 Å². The summed E-state index contributed by atoms with van der Waals surface area (Å²) < 4.78 is 2.47. The van der Waals surface area contributed by atoms with Gasteiger partial charge >= 0.3 is 0 Å². The molecule has 0 saturated heterocycles. The Hall–Kier alpha value is -5.41. The van der Waals surface area contributed by atoms with E-state index in [0.29, 0.717) is 0 Å².